The van der Waals surface area contributed by atoms with E-state index in [1.54, 1.807) is 0 Å². The molecule has 2 heterocycles. The van der Waals surface area contributed by atoms with Gasteiger partial charge >= 0.3 is 0 Å². The van der Waals surface area contributed by atoms with Crippen LogP contribution in [0, 0.1) is 0 Å². The van der Waals surface area contributed by atoms with Crippen molar-refractivity contribution in [2.75, 3.05) is 5.88 Å². The maximum absolute atomic E-state index is 6.21. The summed E-state index contributed by atoms with van der Waals surface area (Å²) in [6.07, 6.45) is 2.79. The van der Waals surface area contributed by atoms with Crippen LogP contribution in [0.5, 0.6) is 0 Å². The van der Waals surface area contributed by atoms with Gasteiger partial charge in [0.15, 0.2) is 0 Å². The van der Waals surface area contributed by atoms with Gasteiger partial charge in [-0.25, -0.2) is 0 Å². The minimum Gasteiger partial charge on any atom is -0.276 e. The van der Waals surface area contributed by atoms with Crippen molar-refractivity contribution in [3.63, 3.8) is 0 Å². The lowest BCUT2D eigenvalue weighted by Crippen LogP contribution is -2.34. The largest absolute Gasteiger partial charge is 0.276 e. The van der Waals surface area contributed by atoms with Crippen LogP contribution in [0.1, 0.15) is 23.6 Å². The summed E-state index contributed by atoms with van der Waals surface area (Å²) in [5, 5.41) is 1.13. The maximum Gasteiger partial charge on any atom is 0.0762 e. The summed E-state index contributed by atoms with van der Waals surface area (Å²) in [6.45, 7) is 2.12. The molecule has 3 aromatic rings. The van der Waals surface area contributed by atoms with Crippen LogP contribution < -0.4 is 0 Å². The van der Waals surface area contributed by atoms with E-state index in [2.05, 4.69) is 48.3 Å². The van der Waals surface area contributed by atoms with Gasteiger partial charge in [0, 0.05) is 28.6 Å². The number of hydrogen-bond donors (Lipinski definition) is 0. The van der Waals surface area contributed by atoms with Gasteiger partial charge in [0.1, 0.15) is 0 Å². The van der Waals surface area contributed by atoms with Crippen LogP contribution in [0.3, 0.4) is 0 Å². The molecule has 0 saturated heterocycles. The molecule has 1 aliphatic heterocycles. The number of pyridine rings is 1. The monoisotopic (exact) mass is 320 g/mol. The first-order valence-corrected chi connectivity index (χ1v) is 8.31. The molecule has 1 atom stereocenters. The van der Waals surface area contributed by atoms with E-state index in [4.69, 9.17) is 16.6 Å². The van der Waals surface area contributed by atoms with Gasteiger partial charge in [-0.2, -0.15) is 0 Å². The van der Waals surface area contributed by atoms with Crippen LogP contribution in [0.4, 0.5) is 0 Å². The second-order valence-corrected chi connectivity index (χ2v) is 6.61. The quantitative estimate of drug-likeness (QED) is 0.632. The Morgan fingerprint density at radius 1 is 1.09 bits per heavy atom. The summed E-state index contributed by atoms with van der Waals surface area (Å²) in [5.41, 5.74) is 5.26. The molecule has 0 fully saturated rings. The van der Waals surface area contributed by atoms with Crippen molar-refractivity contribution in [1.82, 2.24) is 4.98 Å². The highest BCUT2D eigenvalue weighted by atomic mass is 35.5. The number of aromatic nitrogens is 1. The summed E-state index contributed by atoms with van der Waals surface area (Å²) in [5.74, 6) is 0.506. The first-order chi connectivity index (χ1) is 11.2. The summed E-state index contributed by atoms with van der Waals surface area (Å²) >= 11 is 6.21. The molecule has 3 heteroatoms. The van der Waals surface area contributed by atoms with Gasteiger partial charge in [-0.15, -0.1) is 11.6 Å². The highest BCUT2D eigenvalue weighted by Crippen LogP contribution is 2.31. The minimum atomic E-state index is -0.267. The molecule has 1 aliphatic rings. The molecular weight excluding hydrogens is 304 g/mol. The fraction of sp³-hybridized carbons (Fsp3) is 0.200. The van der Waals surface area contributed by atoms with Crippen molar-refractivity contribution in [2.24, 2.45) is 4.99 Å². The molecule has 0 saturated carbocycles. The average Bonchev–Trinajstić information content (AvgIpc) is 2.60. The Bertz CT molecular complexity index is 916. The molecule has 114 valence electrons. The fourth-order valence-corrected chi connectivity index (χ4v) is 3.34. The molecule has 4 rings (SSSR count). The Kier molecular flexibility index (Phi) is 3.42. The molecule has 0 spiro atoms. The van der Waals surface area contributed by atoms with Crippen LogP contribution in [-0.4, -0.2) is 22.1 Å². The van der Waals surface area contributed by atoms with Crippen molar-refractivity contribution in [3.8, 4) is 0 Å². The predicted molar refractivity (Wildman–Crippen MR) is 96.7 cm³/mol. The van der Waals surface area contributed by atoms with Crippen molar-refractivity contribution in [3.05, 3.63) is 77.5 Å². The molecule has 0 amide bonds. The van der Waals surface area contributed by atoms with E-state index in [1.807, 2.05) is 24.4 Å². The minimum absolute atomic E-state index is 0.267. The Hall–Kier alpha value is -2.19. The maximum atomic E-state index is 6.21. The number of nitrogens with zero attached hydrogens (tertiary/aromatic N) is 2. The van der Waals surface area contributed by atoms with Crippen molar-refractivity contribution >= 4 is 28.2 Å². The fourth-order valence-electron chi connectivity index (χ4n) is 3.18. The topological polar surface area (TPSA) is 25.2 Å². The van der Waals surface area contributed by atoms with E-state index in [1.165, 1.54) is 11.1 Å². The summed E-state index contributed by atoms with van der Waals surface area (Å²) in [7, 11) is 0. The zero-order chi connectivity index (χ0) is 15.9. The summed E-state index contributed by atoms with van der Waals surface area (Å²) < 4.78 is 0. The summed E-state index contributed by atoms with van der Waals surface area (Å²) in [6, 6.07) is 18.8. The highest BCUT2D eigenvalue weighted by Gasteiger charge is 2.30. The SMILES string of the molecule is CC1(CCl)Cc2ccccc2C(c2cnc3ccccc3c2)=N1. The van der Waals surface area contributed by atoms with Crippen molar-refractivity contribution < 1.29 is 0 Å². The first kappa shape index (κ1) is 14.4. The third kappa shape index (κ3) is 2.53. The zero-order valence-electron chi connectivity index (χ0n) is 13.0. The van der Waals surface area contributed by atoms with E-state index in [9.17, 15) is 0 Å². The van der Waals surface area contributed by atoms with E-state index < -0.39 is 0 Å². The smallest absolute Gasteiger partial charge is 0.0762 e. The molecule has 0 radical (unpaired) electrons. The third-order valence-electron chi connectivity index (χ3n) is 4.38. The number of alkyl halides is 1. The van der Waals surface area contributed by atoms with Crippen LogP contribution in [-0.2, 0) is 6.42 Å². The molecule has 0 bridgehead atoms. The number of fused-ring (bicyclic) bond motifs is 2. The molecule has 0 aliphatic carbocycles. The molecule has 2 nitrogen and oxygen atoms in total. The third-order valence-corrected chi connectivity index (χ3v) is 4.95. The van der Waals surface area contributed by atoms with Gasteiger partial charge in [0.05, 0.1) is 16.8 Å². The lowest BCUT2D eigenvalue weighted by molar-refractivity contribution is 0.520. The molecule has 1 unspecified atom stereocenters. The van der Waals surface area contributed by atoms with E-state index in [-0.39, 0.29) is 5.54 Å². The van der Waals surface area contributed by atoms with Gasteiger partial charge in [-0.05, 0) is 31.0 Å². The van der Waals surface area contributed by atoms with E-state index in [0.29, 0.717) is 5.88 Å². The molecular formula is C20H17ClN2. The van der Waals surface area contributed by atoms with Gasteiger partial charge in [0.25, 0.3) is 0 Å². The Labute approximate surface area is 140 Å². The number of halogens is 1. The number of rotatable bonds is 2. The van der Waals surface area contributed by atoms with Gasteiger partial charge in [-0.1, -0.05) is 42.5 Å². The van der Waals surface area contributed by atoms with Crippen molar-refractivity contribution in [1.29, 1.82) is 0 Å². The average molecular weight is 321 g/mol. The van der Waals surface area contributed by atoms with E-state index in [0.717, 1.165) is 28.6 Å². The van der Waals surface area contributed by atoms with Crippen LogP contribution in [0.2, 0.25) is 0 Å². The Morgan fingerprint density at radius 3 is 2.74 bits per heavy atom. The molecule has 23 heavy (non-hydrogen) atoms. The number of para-hydroxylation sites is 1. The first-order valence-electron chi connectivity index (χ1n) is 7.78. The van der Waals surface area contributed by atoms with Gasteiger partial charge < -0.3 is 0 Å². The lowest BCUT2D eigenvalue weighted by atomic mass is 9.85. The summed E-state index contributed by atoms with van der Waals surface area (Å²) in [4.78, 5) is 9.58. The normalized spacial score (nSPS) is 20.2. The van der Waals surface area contributed by atoms with Crippen LogP contribution in [0.25, 0.3) is 10.9 Å². The predicted octanol–water partition coefficient (Wildman–Crippen LogP) is 4.63. The highest BCUT2D eigenvalue weighted by molar-refractivity contribution is 6.20. The zero-order valence-corrected chi connectivity index (χ0v) is 13.7. The van der Waals surface area contributed by atoms with E-state index >= 15 is 0 Å². The van der Waals surface area contributed by atoms with Crippen LogP contribution >= 0.6 is 11.6 Å². The molecule has 0 N–H and O–H groups in total. The number of aliphatic imine (C=N–C) groups is 1. The number of hydrogen-bond acceptors (Lipinski definition) is 2. The molecule has 1 aromatic heterocycles. The molecule has 2 aromatic carbocycles. The van der Waals surface area contributed by atoms with Crippen molar-refractivity contribution in [2.45, 2.75) is 18.9 Å². The Morgan fingerprint density at radius 2 is 1.87 bits per heavy atom. The van der Waals surface area contributed by atoms with Crippen LogP contribution in [0.15, 0.2) is 65.8 Å². The van der Waals surface area contributed by atoms with Gasteiger partial charge in [-0.3, -0.25) is 9.98 Å². The second kappa shape index (κ2) is 5.47. The van der Waals surface area contributed by atoms with Gasteiger partial charge in [0.2, 0.25) is 0 Å². The Balaban J connectivity index is 1.93. The number of benzene rings is 2. The second-order valence-electron chi connectivity index (χ2n) is 6.34. The lowest BCUT2D eigenvalue weighted by Gasteiger charge is -2.30. The standard InChI is InChI=1S/C20H17ClN2/c1-20(13-21)11-15-7-2-4-8-17(15)19(23-20)16-10-14-6-3-5-9-18(14)22-12-16/h2-10,12H,11,13H2,1H3.